The highest BCUT2D eigenvalue weighted by atomic mass is 16.6. The first-order valence-electron chi connectivity index (χ1n) is 13.6. The molecule has 0 aromatic rings. The molecule has 0 radical (unpaired) electrons. The molecule has 6 nitrogen and oxygen atoms in total. The quantitative estimate of drug-likeness (QED) is 0.179. The Morgan fingerprint density at radius 1 is 1.11 bits per heavy atom. The van der Waals surface area contributed by atoms with Crippen LogP contribution in [0.2, 0.25) is 0 Å². The van der Waals surface area contributed by atoms with Gasteiger partial charge >= 0.3 is 6.09 Å². The zero-order valence-corrected chi connectivity index (χ0v) is 22.6. The van der Waals surface area contributed by atoms with Gasteiger partial charge in [-0.3, -0.25) is 4.79 Å². The number of unbranched alkanes of at least 4 members (excludes halogenated alkanes) is 3. The van der Waals surface area contributed by atoms with E-state index in [1.54, 1.807) is 11.0 Å². The first kappa shape index (κ1) is 29.7. The predicted molar refractivity (Wildman–Crippen MR) is 145 cm³/mol. The third-order valence-electron chi connectivity index (χ3n) is 6.18. The van der Waals surface area contributed by atoms with Crippen LogP contribution in [-0.4, -0.2) is 64.7 Å². The Balaban J connectivity index is 1.90. The molecule has 0 aromatic heterocycles. The van der Waals surface area contributed by atoms with Crippen LogP contribution in [0.15, 0.2) is 36.1 Å². The maximum absolute atomic E-state index is 12.6. The van der Waals surface area contributed by atoms with Gasteiger partial charge in [0.25, 0.3) is 0 Å². The number of rotatable bonds is 10. The number of carbonyl (C=O) groups is 2. The van der Waals surface area contributed by atoms with Gasteiger partial charge in [-0.1, -0.05) is 23.8 Å². The molecule has 2 rings (SSSR count). The van der Waals surface area contributed by atoms with Crippen LogP contribution in [0.1, 0.15) is 91.4 Å². The molecule has 0 aromatic carbocycles. The lowest BCUT2D eigenvalue weighted by Gasteiger charge is -2.34. The van der Waals surface area contributed by atoms with Crippen molar-refractivity contribution in [1.29, 1.82) is 0 Å². The van der Waals surface area contributed by atoms with Gasteiger partial charge in [-0.05, 0) is 78.2 Å². The van der Waals surface area contributed by atoms with E-state index in [0.717, 1.165) is 70.8 Å². The highest BCUT2D eigenvalue weighted by Crippen LogP contribution is 2.23. The third kappa shape index (κ3) is 12.4. The Morgan fingerprint density at radius 2 is 1.89 bits per heavy atom. The monoisotopic (exact) mass is 498 g/mol. The van der Waals surface area contributed by atoms with E-state index in [0.29, 0.717) is 19.5 Å². The lowest BCUT2D eigenvalue weighted by molar-refractivity contribution is -0.114. The summed E-state index contributed by atoms with van der Waals surface area (Å²) in [6.07, 6.45) is 19.7. The van der Waals surface area contributed by atoms with Gasteiger partial charge in [0.15, 0.2) is 5.78 Å². The number of carbonyl (C=O) groups excluding carboxylic acids is 2. The highest BCUT2D eigenvalue weighted by Gasteiger charge is 2.26. The summed E-state index contributed by atoms with van der Waals surface area (Å²) in [5.74, 6) is 6.37. The lowest BCUT2D eigenvalue weighted by Crippen LogP contribution is -2.41. The summed E-state index contributed by atoms with van der Waals surface area (Å²) in [6, 6.07) is 0.170. The predicted octanol–water partition coefficient (Wildman–Crippen LogP) is 5.77. The Hall–Kier alpha value is -2.52. The standard InChI is InChI=1S/C30H46N2O4/c1-30(2,3)36-29(35)32-21-15-16-26(25-32)24-27-17-11-8-9-13-20-31(27)22-19-28(34)18-12-7-5-4-6-10-14-23-33/h11,16-17,19,22,27,33H,6-10,12-15,18,20-21,23-25H2,1-3H3/b17-11-,22-19+/t27-/m0/s1. The summed E-state index contributed by atoms with van der Waals surface area (Å²) < 4.78 is 5.58. The molecule has 2 aliphatic heterocycles. The maximum Gasteiger partial charge on any atom is 0.410 e. The van der Waals surface area contributed by atoms with Crippen molar-refractivity contribution in [2.75, 3.05) is 26.2 Å². The lowest BCUT2D eigenvalue weighted by atomic mass is 9.98. The molecule has 0 fully saturated rings. The Labute approximate surface area is 218 Å². The topological polar surface area (TPSA) is 70.1 Å². The van der Waals surface area contributed by atoms with Crippen LogP contribution in [0.25, 0.3) is 0 Å². The molecule has 0 aliphatic carbocycles. The smallest absolute Gasteiger partial charge is 0.410 e. The van der Waals surface area contributed by atoms with Crippen molar-refractivity contribution in [1.82, 2.24) is 9.80 Å². The van der Waals surface area contributed by atoms with E-state index in [9.17, 15) is 9.59 Å². The summed E-state index contributed by atoms with van der Waals surface area (Å²) in [5, 5.41) is 8.78. The second-order valence-corrected chi connectivity index (χ2v) is 10.7. The Bertz CT molecular complexity index is 841. The van der Waals surface area contributed by atoms with E-state index >= 15 is 0 Å². The molecule has 2 aliphatic rings. The number of hydrogen-bond acceptors (Lipinski definition) is 5. The molecule has 1 atom stereocenters. The van der Waals surface area contributed by atoms with Crippen LogP contribution < -0.4 is 0 Å². The van der Waals surface area contributed by atoms with Gasteiger partial charge in [-0.25, -0.2) is 4.79 Å². The van der Waals surface area contributed by atoms with Gasteiger partial charge in [0.2, 0.25) is 0 Å². The van der Waals surface area contributed by atoms with Gasteiger partial charge in [0, 0.05) is 51.7 Å². The molecule has 0 saturated carbocycles. The normalized spacial score (nSPS) is 19.7. The van der Waals surface area contributed by atoms with E-state index in [-0.39, 0.29) is 24.5 Å². The van der Waals surface area contributed by atoms with Crippen molar-refractivity contribution in [3.8, 4) is 11.8 Å². The van der Waals surface area contributed by atoms with Crippen molar-refractivity contribution >= 4 is 11.9 Å². The first-order valence-corrected chi connectivity index (χ1v) is 13.6. The third-order valence-corrected chi connectivity index (χ3v) is 6.18. The largest absolute Gasteiger partial charge is 0.444 e. The van der Waals surface area contributed by atoms with Crippen molar-refractivity contribution in [3.63, 3.8) is 0 Å². The van der Waals surface area contributed by atoms with Crippen LogP contribution in [0.5, 0.6) is 0 Å². The molecule has 0 saturated heterocycles. The van der Waals surface area contributed by atoms with E-state index < -0.39 is 5.60 Å². The van der Waals surface area contributed by atoms with Gasteiger partial charge in [0.05, 0.1) is 6.04 Å². The van der Waals surface area contributed by atoms with Gasteiger partial charge in [0.1, 0.15) is 5.60 Å². The zero-order valence-electron chi connectivity index (χ0n) is 22.6. The van der Waals surface area contributed by atoms with Gasteiger partial charge < -0.3 is 19.6 Å². The van der Waals surface area contributed by atoms with Crippen molar-refractivity contribution in [2.24, 2.45) is 0 Å². The number of amides is 1. The summed E-state index contributed by atoms with van der Waals surface area (Å²) >= 11 is 0. The van der Waals surface area contributed by atoms with Crippen molar-refractivity contribution in [2.45, 2.75) is 103 Å². The molecule has 2 heterocycles. The molecular formula is C30H46N2O4. The molecule has 0 unspecified atom stereocenters. The minimum absolute atomic E-state index is 0.134. The fourth-order valence-corrected chi connectivity index (χ4v) is 4.28. The number of aliphatic hydroxyl groups excluding tert-OH is 1. The molecule has 0 spiro atoms. The number of hydrogen-bond donors (Lipinski definition) is 1. The Kier molecular flexibility index (Phi) is 13.4. The number of aliphatic hydroxyl groups is 1. The molecule has 36 heavy (non-hydrogen) atoms. The molecular weight excluding hydrogens is 452 g/mol. The minimum atomic E-state index is -0.498. The van der Waals surface area contributed by atoms with Gasteiger partial charge in [-0.15, -0.1) is 11.8 Å². The second kappa shape index (κ2) is 16.3. The molecule has 1 N–H and O–H groups in total. The minimum Gasteiger partial charge on any atom is -0.444 e. The van der Waals surface area contributed by atoms with E-state index in [1.807, 2.05) is 27.0 Å². The molecule has 6 heteroatoms. The van der Waals surface area contributed by atoms with Crippen molar-refractivity contribution in [3.05, 3.63) is 36.1 Å². The van der Waals surface area contributed by atoms with E-state index in [1.165, 1.54) is 5.57 Å². The second-order valence-electron chi connectivity index (χ2n) is 10.7. The summed E-state index contributed by atoms with van der Waals surface area (Å²) in [6.45, 7) is 8.10. The Morgan fingerprint density at radius 3 is 2.64 bits per heavy atom. The molecule has 200 valence electrons. The average Bonchev–Trinajstić information content (AvgIpc) is 2.81. The number of ketones is 1. The van der Waals surface area contributed by atoms with Gasteiger partial charge in [-0.2, -0.15) is 0 Å². The fourth-order valence-electron chi connectivity index (χ4n) is 4.28. The zero-order chi connectivity index (χ0) is 26.2. The van der Waals surface area contributed by atoms with E-state index in [2.05, 4.69) is 35.0 Å². The summed E-state index contributed by atoms with van der Waals surface area (Å²) in [4.78, 5) is 29.1. The summed E-state index contributed by atoms with van der Waals surface area (Å²) in [5.41, 5.74) is 0.742. The van der Waals surface area contributed by atoms with E-state index in [4.69, 9.17) is 9.84 Å². The SMILES string of the molecule is CC(C)(C)OC(=O)N1CCC=C(C[C@@H]2/C=C\CCCCN2/C=C/C(=O)CCCC#CCCCCO)C1. The molecule has 1 amide bonds. The fraction of sp³-hybridized carbons (Fsp3) is 0.667. The maximum atomic E-state index is 12.6. The van der Waals surface area contributed by atoms with Crippen LogP contribution in [0.3, 0.4) is 0 Å². The average molecular weight is 499 g/mol. The number of allylic oxidation sites excluding steroid dienone is 2. The van der Waals surface area contributed by atoms with Crippen LogP contribution in [0.4, 0.5) is 4.79 Å². The first-order chi connectivity index (χ1) is 17.3. The van der Waals surface area contributed by atoms with Crippen LogP contribution >= 0.6 is 0 Å². The van der Waals surface area contributed by atoms with Crippen molar-refractivity contribution < 1.29 is 19.4 Å². The molecule has 0 bridgehead atoms. The highest BCUT2D eigenvalue weighted by molar-refractivity contribution is 5.89. The van der Waals surface area contributed by atoms with Crippen LogP contribution in [0, 0.1) is 11.8 Å². The number of nitrogens with zero attached hydrogens (tertiary/aromatic N) is 2. The van der Waals surface area contributed by atoms with Crippen LogP contribution in [-0.2, 0) is 9.53 Å². The number of ether oxygens (including phenoxy) is 1. The summed E-state index contributed by atoms with van der Waals surface area (Å²) in [7, 11) is 0.